The fraction of sp³-hybridized carbons (Fsp3) is 0.533. The molecule has 4 nitrogen and oxygen atoms in total. The molecule has 104 valence electrons. The van der Waals surface area contributed by atoms with Crippen molar-refractivity contribution in [3.05, 3.63) is 23.8 Å². The summed E-state index contributed by atoms with van der Waals surface area (Å²) in [6.07, 6.45) is 2.22. The van der Waals surface area contributed by atoms with E-state index in [2.05, 4.69) is 18.7 Å². The summed E-state index contributed by atoms with van der Waals surface area (Å²) >= 11 is 0. The minimum atomic E-state index is -0.150. The third-order valence-electron chi connectivity index (χ3n) is 3.90. The largest absolute Gasteiger partial charge is 0.508 e. The molecule has 1 aliphatic rings. The molecule has 19 heavy (non-hydrogen) atoms. The van der Waals surface area contributed by atoms with E-state index in [1.54, 1.807) is 0 Å². The highest BCUT2D eigenvalue weighted by Crippen LogP contribution is 2.25. The van der Waals surface area contributed by atoms with Crippen molar-refractivity contribution in [1.29, 1.82) is 0 Å². The molecule has 4 heteroatoms. The Morgan fingerprint density at radius 2 is 2.11 bits per heavy atom. The van der Waals surface area contributed by atoms with E-state index >= 15 is 0 Å². The van der Waals surface area contributed by atoms with Gasteiger partial charge in [-0.3, -0.25) is 9.69 Å². The number of carbonyl (C=O) groups is 1. The molecule has 1 heterocycles. The molecule has 1 fully saturated rings. The summed E-state index contributed by atoms with van der Waals surface area (Å²) in [5, 5.41) is 18.9. The lowest BCUT2D eigenvalue weighted by Gasteiger charge is -2.36. The lowest BCUT2D eigenvalue weighted by Crippen LogP contribution is -2.43. The summed E-state index contributed by atoms with van der Waals surface area (Å²) in [5.41, 5.74) is 0.281. The van der Waals surface area contributed by atoms with Crippen LogP contribution >= 0.6 is 0 Å². The number of hydrogen-bond donors (Lipinski definition) is 2. The number of carbonyl (C=O) groups excluding carboxylic acids is 1. The van der Waals surface area contributed by atoms with E-state index < -0.39 is 0 Å². The summed E-state index contributed by atoms with van der Waals surface area (Å²) in [6.45, 7) is 5.63. The minimum absolute atomic E-state index is 0.0331. The number of piperidine rings is 1. The summed E-state index contributed by atoms with van der Waals surface area (Å²) in [4.78, 5) is 14.4. The second-order valence-electron chi connectivity index (χ2n) is 5.57. The number of phenols is 2. The van der Waals surface area contributed by atoms with Gasteiger partial charge in [0.2, 0.25) is 0 Å². The maximum atomic E-state index is 12.2. The molecule has 0 saturated carbocycles. The van der Waals surface area contributed by atoms with Crippen LogP contribution in [-0.2, 0) is 0 Å². The quantitative estimate of drug-likeness (QED) is 0.822. The van der Waals surface area contributed by atoms with Gasteiger partial charge in [0.25, 0.3) is 0 Å². The molecule has 2 rings (SSSR count). The van der Waals surface area contributed by atoms with E-state index in [-0.39, 0.29) is 22.8 Å². The molecule has 1 aromatic rings. The van der Waals surface area contributed by atoms with Crippen molar-refractivity contribution in [2.75, 3.05) is 13.1 Å². The van der Waals surface area contributed by atoms with E-state index in [1.807, 2.05) is 0 Å². The number of hydrogen-bond acceptors (Lipinski definition) is 4. The minimum Gasteiger partial charge on any atom is -0.508 e. The Hall–Kier alpha value is -1.55. The van der Waals surface area contributed by atoms with Crippen molar-refractivity contribution in [3.63, 3.8) is 0 Å². The fourth-order valence-corrected chi connectivity index (χ4v) is 2.72. The number of rotatable bonds is 3. The molecule has 1 aliphatic heterocycles. The van der Waals surface area contributed by atoms with Crippen LogP contribution in [0.4, 0.5) is 0 Å². The summed E-state index contributed by atoms with van der Waals surface area (Å²) in [6, 6.07) is 4.50. The predicted molar refractivity (Wildman–Crippen MR) is 73.5 cm³/mol. The molecule has 0 amide bonds. The molecule has 0 radical (unpaired) electrons. The molecule has 0 aromatic heterocycles. The standard InChI is InChI=1S/C15H21NO3/c1-10-5-6-16(11(2)7-10)9-15(19)13-4-3-12(17)8-14(13)18/h3-4,8,10-11,17-18H,5-7,9H2,1-2H3. The molecule has 1 saturated heterocycles. The van der Waals surface area contributed by atoms with Gasteiger partial charge in [0.1, 0.15) is 11.5 Å². The second kappa shape index (κ2) is 5.61. The fourth-order valence-electron chi connectivity index (χ4n) is 2.72. The van der Waals surface area contributed by atoms with Crippen LogP contribution in [0.15, 0.2) is 18.2 Å². The van der Waals surface area contributed by atoms with Gasteiger partial charge in [-0.25, -0.2) is 0 Å². The molecule has 2 unspecified atom stereocenters. The molecule has 2 atom stereocenters. The summed E-state index contributed by atoms with van der Waals surface area (Å²) < 4.78 is 0. The number of aromatic hydroxyl groups is 2. The Morgan fingerprint density at radius 3 is 2.74 bits per heavy atom. The van der Waals surface area contributed by atoms with Crippen molar-refractivity contribution >= 4 is 5.78 Å². The van der Waals surface area contributed by atoms with Crippen molar-refractivity contribution in [2.45, 2.75) is 32.7 Å². The number of benzene rings is 1. The number of phenolic OH excluding ortho intramolecular Hbond substituents is 2. The second-order valence-corrected chi connectivity index (χ2v) is 5.57. The molecule has 0 aliphatic carbocycles. The van der Waals surface area contributed by atoms with Crippen LogP contribution in [0.5, 0.6) is 11.5 Å². The maximum absolute atomic E-state index is 12.2. The Bertz CT molecular complexity index is 472. The van der Waals surface area contributed by atoms with Crippen molar-refractivity contribution in [3.8, 4) is 11.5 Å². The van der Waals surface area contributed by atoms with Crippen molar-refractivity contribution in [2.24, 2.45) is 5.92 Å². The Morgan fingerprint density at radius 1 is 1.37 bits per heavy atom. The third kappa shape index (κ3) is 3.26. The van der Waals surface area contributed by atoms with E-state index in [0.717, 1.165) is 19.4 Å². The van der Waals surface area contributed by atoms with Gasteiger partial charge in [0.05, 0.1) is 12.1 Å². The molecular formula is C15H21NO3. The highest BCUT2D eigenvalue weighted by atomic mass is 16.3. The number of ketones is 1. The first kappa shape index (κ1) is 13.9. The van der Waals surface area contributed by atoms with Crippen LogP contribution in [0, 0.1) is 5.92 Å². The maximum Gasteiger partial charge on any atom is 0.180 e. The van der Waals surface area contributed by atoms with Gasteiger partial charge in [-0.1, -0.05) is 6.92 Å². The normalized spacial score (nSPS) is 24.3. The van der Waals surface area contributed by atoms with Crippen molar-refractivity contribution < 1.29 is 15.0 Å². The lowest BCUT2D eigenvalue weighted by molar-refractivity contribution is 0.0814. The molecule has 0 bridgehead atoms. The van der Waals surface area contributed by atoms with Gasteiger partial charge in [-0.2, -0.15) is 0 Å². The zero-order valence-electron chi connectivity index (χ0n) is 11.5. The lowest BCUT2D eigenvalue weighted by atomic mass is 9.93. The SMILES string of the molecule is CC1CCN(CC(=O)c2ccc(O)cc2O)C(C)C1. The van der Waals surface area contributed by atoms with Crippen LogP contribution in [0.25, 0.3) is 0 Å². The first-order chi connectivity index (χ1) is 8.97. The van der Waals surface area contributed by atoms with E-state index in [9.17, 15) is 15.0 Å². The van der Waals surface area contributed by atoms with Gasteiger partial charge >= 0.3 is 0 Å². The molecular weight excluding hydrogens is 242 g/mol. The molecule has 2 N–H and O–H groups in total. The number of nitrogens with zero attached hydrogens (tertiary/aromatic N) is 1. The van der Waals surface area contributed by atoms with Crippen LogP contribution in [0.2, 0.25) is 0 Å². The molecule has 0 spiro atoms. The number of likely N-dealkylation sites (tertiary alicyclic amines) is 1. The highest BCUT2D eigenvalue weighted by Gasteiger charge is 2.25. The zero-order valence-corrected chi connectivity index (χ0v) is 11.5. The monoisotopic (exact) mass is 263 g/mol. The van der Waals surface area contributed by atoms with Crippen LogP contribution in [0.1, 0.15) is 37.0 Å². The van der Waals surface area contributed by atoms with E-state index in [0.29, 0.717) is 18.5 Å². The topological polar surface area (TPSA) is 60.8 Å². The van der Waals surface area contributed by atoms with Gasteiger partial charge < -0.3 is 10.2 Å². The van der Waals surface area contributed by atoms with Gasteiger partial charge in [-0.05, 0) is 44.4 Å². The van der Waals surface area contributed by atoms with E-state index in [1.165, 1.54) is 18.2 Å². The zero-order chi connectivity index (χ0) is 14.0. The average Bonchev–Trinajstić information content (AvgIpc) is 2.32. The molecule has 1 aromatic carbocycles. The Labute approximate surface area is 113 Å². The highest BCUT2D eigenvalue weighted by molar-refractivity contribution is 6.00. The summed E-state index contributed by atoms with van der Waals surface area (Å²) in [7, 11) is 0. The predicted octanol–water partition coefficient (Wildman–Crippen LogP) is 2.40. The average molecular weight is 263 g/mol. The van der Waals surface area contributed by atoms with Crippen molar-refractivity contribution in [1.82, 2.24) is 4.90 Å². The smallest absolute Gasteiger partial charge is 0.180 e. The van der Waals surface area contributed by atoms with Gasteiger partial charge in [-0.15, -0.1) is 0 Å². The Kier molecular flexibility index (Phi) is 4.10. The van der Waals surface area contributed by atoms with Crippen LogP contribution < -0.4 is 0 Å². The Balaban J connectivity index is 2.04. The van der Waals surface area contributed by atoms with Gasteiger partial charge in [0.15, 0.2) is 5.78 Å². The summed E-state index contributed by atoms with van der Waals surface area (Å²) in [5.74, 6) is 0.430. The third-order valence-corrected chi connectivity index (χ3v) is 3.90. The number of Topliss-reactive ketones (excluding diaryl/α,β-unsaturated/α-hetero) is 1. The van der Waals surface area contributed by atoms with Crippen LogP contribution in [-0.4, -0.2) is 40.0 Å². The van der Waals surface area contributed by atoms with E-state index in [4.69, 9.17) is 0 Å². The van der Waals surface area contributed by atoms with Crippen LogP contribution in [0.3, 0.4) is 0 Å². The first-order valence-corrected chi connectivity index (χ1v) is 6.76. The first-order valence-electron chi connectivity index (χ1n) is 6.76. The van der Waals surface area contributed by atoms with Gasteiger partial charge in [0, 0.05) is 12.1 Å².